The van der Waals surface area contributed by atoms with E-state index in [1.54, 1.807) is 0 Å². The zero-order chi connectivity index (χ0) is 14.1. The third-order valence-corrected chi connectivity index (χ3v) is 6.64. The summed E-state index contributed by atoms with van der Waals surface area (Å²) in [6.07, 6.45) is 10.2. The number of halogens is 1. The maximum atomic E-state index is 12.7. The highest BCUT2D eigenvalue weighted by Gasteiger charge is 2.38. The fourth-order valence-electron chi connectivity index (χ4n) is 4.58. The Balaban J connectivity index is 1.57. The first-order valence-corrected chi connectivity index (χ1v) is 9.01. The minimum absolute atomic E-state index is 0.152. The van der Waals surface area contributed by atoms with Crippen molar-refractivity contribution in [1.82, 2.24) is 4.90 Å². The van der Waals surface area contributed by atoms with Gasteiger partial charge in [0.25, 0.3) is 0 Å². The van der Waals surface area contributed by atoms with Crippen LogP contribution in [0.3, 0.4) is 0 Å². The minimum atomic E-state index is 0.152. The van der Waals surface area contributed by atoms with Crippen molar-refractivity contribution >= 4 is 17.5 Å². The number of likely N-dealkylation sites (tertiary alicyclic amines) is 1. The van der Waals surface area contributed by atoms with Crippen LogP contribution in [0.2, 0.25) is 0 Å². The summed E-state index contributed by atoms with van der Waals surface area (Å²) in [6.45, 7) is 3.90. The van der Waals surface area contributed by atoms with Gasteiger partial charge < -0.3 is 4.90 Å². The maximum Gasteiger partial charge on any atom is 0.225 e. The molecule has 2 saturated carbocycles. The van der Waals surface area contributed by atoms with E-state index in [1.807, 2.05) is 0 Å². The van der Waals surface area contributed by atoms with Gasteiger partial charge in [-0.2, -0.15) is 0 Å². The van der Waals surface area contributed by atoms with Crippen molar-refractivity contribution in [3.63, 3.8) is 0 Å². The van der Waals surface area contributed by atoms with Crippen molar-refractivity contribution in [3.05, 3.63) is 0 Å². The average Bonchev–Trinajstić information content (AvgIpc) is 2.49. The van der Waals surface area contributed by atoms with E-state index in [0.717, 1.165) is 44.2 Å². The van der Waals surface area contributed by atoms with Gasteiger partial charge >= 0.3 is 0 Å². The molecule has 3 rings (SSSR count). The predicted octanol–water partition coefficient (Wildman–Crippen LogP) is 4.07. The number of alkyl halides is 1. The van der Waals surface area contributed by atoms with E-state index in [-0.39, 0.29) is 5.38 Å². The fraction of sp³-hybridized carbons (Fsp3) is 0.941. The van der Waals surface area contributed by atoms with Crippen molar-refractivity contribution in [1.29, 1.82) is 0 Å². The normalized spacial score (nSPS) is 42.1. The summed E-state index contributed by atoms with van der Waals surface area (Å²) in [6, 6.07) is 0. The summed E-state index contributed by atoms with van der Waals surface area (Å²) in [5.74, 6) is 3.02. The first-order chi connectivity index (χ1) is 9.65. The molecule has 114 valence electrons. The summed E-state index contributed by atoms with van der Waals surface area (Å²) in [5, 5.41) is 0.152. The second-order valence-corrected chi connectivity index (χ2v) is 7.94. The second kappa shape index (κ2) is 6.25. The number of hydrogen-bond donors (Lipinski definition) is 0. The Kier molecular flexibility index (Phi) is 4.59. The van der Waals surface area contributed by atoms with Crippen LogP contribution in [0.25, 0.3) is 0 Å². The Bertz CT molecular complexity index is 359. The van der Waals surface area contributed by atoms with Gasteiger partial charge in [0.2, 0.25) is 5.91 Å². The zero-order valence-corrected chi connectivity index (χ0v) is 13.4. The van der Waals surface area contributed by atoms with E-state index < -0.39 is 0 Å². The predicted molar refractivity (Wildman–Crippen MR) is 82.8 cm³/mol. The smallest absolute Gasteiger partial charge is 0.225 e. The van der Waals surface area contributed by atoms with Crippen LogP contribution in [-0.2, 0) is 4.79 Å². The van der Waals surface area contributed by atoms with Crippen LogP contribution in [0.1, 0.15) is 58.3 Å². The maximum absolute atomic E-state index is 12.7. The lowest BCUT2D eigenvalue weighted by atomic mass is 9.67. The molecular formula is C17H28ClNO. The third-order valence-electron chi connectivity index (χ3n) is 6.07. The van der Waals surface area contributed by atoms with Gasteiger partial charge in [-0.1, -0.05) is 32.6 Å². The van der Waals surface area contributed by atoms with Crippen molar-refractivity contribution in [2.75, 3.05) is 13.1 Å². The first kappa shape index (κ1) is 14.7. The van der Waals surface area contributed by atoms with Crippen LogP contribution in [0.4, 0.5) is 0 Å². The summed E-state index contributed by atoms with van der Waals surface area (Å²) >= 11 is 6.36. The molecule has 3 heteroatoms. The molecular weight excluding hydrogens is 270 g/mol. The van der Waals surface area contributed by atoms with Gasteiger partial charge in [-0.3, -0.25) is 4.79 Å². The molecule has 0 radical (unpaired) electrons. The Labute approximate surface area is 128 Å². The topological polar surface area (TPSA) is 20.3 Å². The van der Waals surface area contributed by atoms with E-state index in [1.165, 1.54) is 32.1 Å². The molecule has 3 fully saturated rings. The van der Waals surface area contributed by atoms with E-state index in [4.69, 9.17) is 11.6 Å². The Morgan fingerprint density at radius 2 is 1.80 bits per heavy atom. The molecule has 1 aliphatic heterocycles. The van der Waals surface area contributed by atoms with E-state index in [9.17, 15) is 4.79 Å². The molecule has 0 aromatic carbocycles. The second-order valence-electron chi connectivity index (χ2n) is 7.38. The fourth-order valence-corrected chi connectivity index (χ4v) is 4.87. The lowest BCUT2D eigenvalue weighted by Crippen LogP contribution is -2.47. The van der Waals surface area contributed by atoms with Crippen molar-refractivity contribution in [3.8, 4) is 0 Å². The molecule has 0 N–H and O–H groups in total. The first-order valence-electron chi connectivity index (χ1n) is 8.58. The van der Waals surface area contributed by atoms with Crippen LogP contribution < -0.4 is 0 Å². The van der Waals surface area contributed by atoms with Crippen LogP contribution in [0.5, 0.6) is 0 Å². The molecule has 3 aliphatic rings. The molecule has 1 saturated heterocycles. The Morgan fingerprint density at radius 1 is 1.05 bits per heavy atom. The SMILES string of the molecule is CC1CCN(C(=O)C2CCC3CCCCC3C2)CC1Cl. The minimum Gasteiger partial charge on any atom is -0.341 e. The van der Waals surface area contributed by atoms with Crippen molar-refractivity contribution in [2.45, 2.75) is 63.7 Å². The van der Waals surface area contributed by atoms with Gasteiger partial charge in [-0.25, -0.2) is 0 Å². The third kappa shape index (κ3) is 3.00. The van der Waals surface area contributed by atoms with Crippen molar-refractivity contribution < 1.29 is 4.79 Å². The van der Waals surface area contributed by atoms with Crippen LogP contribution in [0.15, 0.2) is 0 Å². The monoisotopic (exact) mass is 297 g/mol. The van der Waals surface area contributed by atoms with Crippen LogP contribution >= 0.6 is 11.6 Å². The lowest BCUT2D eigenvalue weighted by Gasteiger charge is -2.41. The molecule has 0 spiro atoms. The van der Waals surface area contributed by atoms with Crippen molar-refractivity contribution in [2.24, 2.45) is 23.7 Å². The van der Waals surface area contributed by atoms with Gasteiger partial charge in [-0.05, 0) is 43.4 Å². The largest absolute Gasteiger partial charge is 0.341 e. The summed E-state index contributed by atoms with van der Waals surface area (Å²) < 4.78 is 0. The van der Waals surface area contributed by atoms with Gasteiger partial charge in [0.15, 0.2) is 0 Å². The van der Waals surface area contributed by atoms with Gasteiger partial charge in [0.05, 0.1) is 5.38 Å². The molecule has 2 aliphatic carbocycles. The quantitative estimate of drug-likeness (QED) is 0.668. The molecule has 2 nitrogen and oxygen atoms in total. The molecule has 0 aromatic heterocycles. The standard InChI is InChI=1S/C17H28ClNO/c1-12-8-9-19(11-16(12)18)17(20)15-7-6-13-4-2-3-5-14(13)10-15/h12-16H,2-11H2,1H3. The average molecular weight is 298 g/mol. The van der Waals surface area contributed by atoms with Crippen LogP contribution in [-0.4, -0.2) is 29.3 Å². The molecule has 0 bridgehead atoms. The Morgan fingerprint density at radius 3 is 2.55 bits per heavy atom. The summed E-state index contributed by atoms with van der Waals surface area (Å²) in [4.78, 5) is 14.8. The molecule has 5 unspecified atom stereocenters. The van der Waals surface area contributed by atoms with E-state index in [2.05, 4.69) is 11.8 Å². The van der Waals surface area contributed by atoms with E-state index in [0.29, 0.717) is 17.7 Å². The highest BCUT2D eigenvalue weighted by Crippen LogP contribution is 2.43. The number of hydrogen-bond acceptors (Lipinski definition) is 1. The zero-order valence-electron chi connectivity index (χ0n) is 12.7. The number of fused-ring (bicyclic) bond motifs is 1. The molecule has 0 aromatic rings. The number of carbonyl (C=O) groups excluding carboxylic acids is 1. The molecule has 1 heterocycles. The Hall–Kier alpha value is -0.240. The number of amides is 1. The number of rotatable bonds is 1. The van der Waals surface area contributed by atoms with Crippen LogP contribution in [0, 0.1) is 23.7 Å². The van der Waals surface area contributed by atoms with E-state index >= 15 is 0 Å². The molecule has 20 heavy (non-hydrogen) atoms. The molecule has 5 atom stereocenters. The lowest BCUT2D eigenvalue weighted by molar-refractivity contribution is -0.139. The number of nitrogens with zero attached hydrogens (tertiary/aromatic N) is 1. The van der Waals surface area contributed by atoms with Gasteiger partial charge in [0, 0.05) is 19.0 Å². The summed E-state index contributed by atoms with van der Waals surface area (Å²) in [5.41, 5.74) is 0. The van der Waals surface area contributed by atoms with Gasteiger partial charge in [0.1, 0.15) is 0 Å². The highest BCUT2D eigenvalue weighted by atomic mass is 35.5. The summed E-state index contributed by atoms with van der Waals surface area (Å²) in [7, 11) is 0. The molecule has 1 amide bonds. The highest BCUT2D eigenvalue weighted by molar-refractivity contribution is 6.21. The number of carbonyl (C=O) groups is 1. The van der Waals surface area contributed by atoms with Gasteiger partial charge in [-0.15, -0.1) is 11.6 Å². The number of piperidine rings is 1.